The van der Waals surface area contributed by atoms with Gasteiger partial charge in [-0.15, -0.1) is 24.2 Å². The van der Waals surface area contributed by atoms with Gasteiger partial charge in [-0.25, -0.2) is 0 Å². The van der Waals surface area contributed by atoms with Gasteiger partial charge in [0.1, 0.15) is 5.75 Å². The highest BCUT2D eigenvalue weighted by molar-refractivity contribution is 7.99. The standard InChI is InChI=1S/C21H24N2O4S.ClH/c1-14(24)27-19-20(15-8-10-16(25)11-9-15)28-18-7-5-4-6-17(18)23(21(19)26)13-12-22(2)3;/h4-11,19-20,25H,12-13H2,1-3H3;1H. The molecule has 0 saturated carbocycles. The Morgan fingerprint density at radius 3 is 2.45 bits per heavy atom. The van der Waals surface area contributed by atoms with Gasteiger partial charge < -0.3 is 19.6 Å². The van der Waals surface area contributed by atoms with Gasteiger partial charge in [-0.2, -0.15) is 0 Å². The molecule has 0 saturated heterocycles. The number of esters is 1. The number of amides is 1. The van der Waals surface area contributed by atoms with E-state index in [4.69, 9.17) is 4.74 Å². The van der Waals surface area contributed by atoms with Gasteiger partial charge in [0.25, 0.3) is 5.91 Å². The molecule has 0 aromatic heterocycles. The molecule has 2 unspecified atom stereocenters. The van der Waals surface area contributed by atoms with E-state index in [1.54, 1.807) is 29.2 Å². The maximum absolute atomic E-state index is 13.5. The minimum Gasteiger partial charge on any atom is -0.508 e. The van der Waals surface area contributed by atoms with Crippen LogP contribution in [-0.4, -0.2) is 55.2 Å². The molecule has 1 heterocycles. The number of ether oxygens (including phenoxy) is 1. The molecule has 8 heteroatoms. The monoisotopic (exact) mass is 436 g/mol. The summed E-state index contributed by atoms with van der Waals surface area (Å²) in [5.74, 6) is -0.598. The number of phenolic OH excluding ortho intramolecular Hbond substituents is 1. The molecule has 0 aliphatic carbocycles. The lowest BCUT2D eigenvalue weighted by Crippen LogP contribution is -2.45. The number of carbonyl (C=O) groups is 2. The second-order valence-corrected chi connectivity index (χ2v) is 8.10. The van der Waals surface area contributed by atoms with Crippen LogP contribution in [0.25, 0.3) is 0 Å². The zero-order valence-electron chi connectivity index (χ0n) is 16.6. The van der Waals surface area contributed by atoms with E-state index in [1.165, 1.54) is 18.7 Å². The van der Waals surface area contributed by atoms with Gasteiger partial charge in [0.05, 0.1) is 10.9 Å². The Balaban J connectivity index is 0.00000300. The number of rotatable bonds is 5. The largest absolute Gasteiger partial charge is 0.508 e. The molecule has 156 valence electrons. The zero-order chi connectivity index (χ0) is 20.3. The summed E-state index contributed by atoms with van der Waals surface area (Å²) in [6.45, 7) is 2.49. The normalized spacial score (nSPS) is 18.6. The highest BCUT2D eigenvalue weighted by atomic mass is 35.5. The van der Waals surface area contributed by atoms with Crippen LogP contribution >= 0.6 is 24.2 Å². The number of benzene rings is 2. The smallest absolute Gasteiger partial charge is 0.303 e. The molecule has 2 aromatic rings. The molecule has 1 amide bonds. The maximum atomic E-state index is 13.5. The Labute approximate surface area is 181 Å². The quantitative estimate of drug-likeness (QED) is 0.723. The molecule has 0 bridgehead atoms. The molecule has 0 fully saturated rings. The lowest BCUT2D eigenvalue weighted by atomic mass is 10.1. The minimum absolute atomic E-state index is 0. The molecule has 0 radical (unpaired) electrons. The lowest BCUT2D eigenvalue weighted by Gasteiger charge is -2.28. The Hall–Kier alpha value is -2.22. The summed E-state index contributed by atoms with van der Waals surface area (Å²) in [5, 5.41) is 9.21. The van der Waals surface area contributed by atoms with E-state index in [-0.39, 0.29) is 24.1 Å². The first-order valence-electron chi connectivity index (χ1n) is 9.05. The van der Waals surface area contributed by atoms with Gasteiger partial charge in [0.2, 0.25) is 0 Å². The molecule has 1 aliphatic rings. The highest BCUT2D eigenvalue weighted by Gasteiger charge is 2.40. The molecule has 1 aliphatic heterocycles. The summed E-state index contributed by atoms with van der Waals surface area (Å²) in [6.07, 6.45) is -0.957. The Bertz CT molecular complexity index is 860. The fourth-order valence-corrected chi connectivity index (χ4v) is 4.43. The van der Waals surface area contributed by atoms with Crippen LogP contribution in [0, 0.1) is 0 Å². The second-order valence-electron chi connectivity index (χ2n) is 6.92. The Morgan fingerprint density at radius 1 is 1.17 bits per heavy atom. The summed E-state index contributed by atoms with van der Waals surface area (Å²) >= 11 is 1.49. The van der Waals surface area contributed by atoms with Crippen molar-refractivity contribution >= 4 is 41.7 Å². The van der Waals surface area contributed by atoms with Crippen molar-refractivity contribution in [3.05, 3.63) is 54.1 Å². The molecular formula is C21H25ClN2O4S. The molecule has 1 N–H and O–H groups in total. The van der Waals surface area contributed by atoms with E-state index in [1.807, 2.05) is 43.3 Å². The molecule has 2 aromatic carbocycles. The summed E-state index contributed by atoms with van der Waals surface area (Å²) in [6, 6.07) is 14.4. The maximum Gasteiger partial charge on any atom is 0.303 e. The topological polar surface area (TPSA) is 70.1 Å². The van der Waals surface area contributed by atoms with Gasteiger partial charge in [-0.05, 0) is 43.9 Å². The molecule has 29 heavy (non-hydrogen) atoms. The predicted molar refractivity (Wildman–Crippen MR) is 117 cm³/mol. The van der Waals surface area contributed by atoms with Crippen LogP contribution in [0.1, 0.15) is 17.7 Å². The number of hydrogen-bond donors (Lipinski definition) is 1. The summed E-state index contributed by atoms with van der Waals surface area (Å²) in [5.41, 5.74) is 1.63. The SMILES string of the molecule is CC(=O)OC1C(=O)N(CCN(C)C)c2ccccc2SC1c1ccc(O)cc1.Cl. The zero-order valence-corrected chi connectivity index (χ0v) is 18.2. The third kappa shape index (κ3) is 5.44. The second kappa shape index (κ2) is 10.0. The number of para-hydroxylation sites is 1. The summed E-state index contributed by atoms with van der Waals surface area (Å²) in [7, 11) is 3.90. The third-order valence-corrected chi connectivity index (χ3v) is 5.85. The number of carbonyl (C=O) groups excluding carboxylic acids is 2. The number of aromatic hydroxyl groups is 1. The number of phenols is 1. The van der Waals surface area contributed by atoms with E-state index >= 15 is 0 Å². The predicted octanol–water partition coefficient (Wildman–Crippen LogP) is 3.49. The lowest BCUT2D eigenvalue weighted by molar-refractivity contribution is -0.152. The van der Waals surface area contributed by atoms with Gasteiger partial charge in [-0.3, -0.25) is 9.59 Å². The van der Waals surface area contributed by atoms with E-state index in [2.05, 4.69) is 0 Å². The first kappa shape index (κ1) is 23.1. The molecular weight excluding hydrogens is 412 g/mol. The number of thioether (sulfide) groups is 1. The number of halogens is 1. The minimum atomic E-state index is -0.957. The summed E-state index contributed by atoms with van der Waals surface area (Å²) in [4.78, 5) is 29.9. The molecule has 2 atom stereocenters. The van der Waals surface area contributed by atoms with Gasteiger partial charge in [-0.1, -0.05) is 24.3 Å². The van der Waals surface area contributed by atoms with Crippen LogP contribution < -0.4 is 4.90 Å². The van der Waals surface area contributed by atoms with Crippen LogP contribution in [0.4, 0.5) is 5.69 Å². The molecule has 6 nitrogen and oxygen atoms in total. The first-order chi connectivity index (χ1) is 13.4. The van der Waals surface area contributed by atoms with Crippen molar-refractivity contribution < 1.29 is 19.4 Å². The van der Waals surface area contributed by atoms with Gasteiger partial charge >= 0.3 is 5.97 Å². The number of likely N-dealkylation sites (N-methyl/N-ethyl adjacent to an activating group) is 1. The van der Waals surface area contributed by atoms with Crippen LogP contribution in [0.3, 0.4) is 0 Å². The van der Waals surface area contributed by atoms with E-state index in [0.717, 1.165) is 16.1 Å². The van der Waals surface area contributed by atoms with E-state index < -0.39 is 17.3 Å². The average Bonchev–Trinajstić information content (AvgIpc) is 2.76. The van der Waals surface area contributed by atoms with Crippen molar-refractivity contribution in [2.45, 2.75) is 23.2 Å². The van der Waals surface area contributed by atoms with Crippen LogP contribution in [0.5, 0.6) is 5.75 Å². The Morgan fingerprint density at radius 2 is 1.83 bits per heavy atom. The van der Waals surface area contributed by atoms with Crippen molar-refractivity contribution in [1.82, 2.24) is 4.90 Å². The number of fused-ring (bicyclic) bond motifs is 1. The van der Waals surface area contributed by atoms with Crippen molar-refractivity contribution in [2.75, 3.05) is 32.1 Å². The molecule has 0 spiro atoms. The number of nitrogens with zero attached hydrogens (tertiary/aromatic N) is 2. The van der Waals surface area contributed by atoms with Crippen LogP contribution in [0.2, 0.25) is 0 Å². The highest BCUT2D eigenvalue weighted by Crippen LogP contribution is 2.46. The van der Waals surface area contributed by atoms with Crippen molar-refractivity contribution in [2.24, 2.45) is 0 Å². The van der Waals surface area contributed by atoms with Gasteiger partial charge in [0, 0.05) is 24.9 Å². The van der Waals surface area contributed by atoms with Crippen molar-refractivity contribution in [3.63, 3.8) is 0 Å². The third-order valence-electron chi connectivity index (χ3n) is 4.48. The van der Waals surface area contributed by atoms with Crippen molar-refractivity contribution in [1.29, 1.82) is 0 Å². The first-order valence-corrected chi connectivity index (χ1v) is 9.92. The Kier molecular flexibility index (Phi) is 7.96. The van der Waals surface area contributed by atoms with Crippen molar-refractivity contribution in [3.8, 4) is 5.75 Å². The van der Waals surface area contributed by atoms with E-state index in [0.29, 0.717) is 13.1 Å². The fraction of sp³-hybridized carbons (Fsp3) is 0.333. The van der Waals surface area contributed by atoms with E-state index in [9.17, 15) is 14.7 Å². The fourth-order valence-electron chi connectivity index (χ4n) is 3.11. The van der Waals surface area contributed by atoms with Gasteiger partial charge in [0.15, 0.2) is 6.10 Å². The number of hydrogen-bond acceptors (Lipinski definition) is 6. The van der Waals surface area contributed by atoms with Crippen LogP contribution in [0.15, 0.2) is 53.4 Å². The molecule has 3 rings (SSSR count). The van der Waals surface area contributed by atoms with Crippen LogP contribution in [-0.2, 0) is 14.3 Å². The summed E-state index contributed by atoms with van der Waals surface area (Å²) < 4.78 is 5.52. The average molecular weight is 437 g/mol. The number of anilines is 1.